The molecule has 0 radical (unpaired) electrons. The van der Waals surface area contributed by atoms with E-state index < -0.39 is 0 Å². The molecule has 1 heterocycles. The molecule has 0 bridgehead atoms. The van der Waals surface area contributed by atoms with Crippen molar-refractivity contribution in [2.24, 2.45) is 0 Å². The second kappa shape index (κ2) is 10.3. The van der Waals surface area contributed by atoms with E-state index in [1.54, 1.807) is 0 Å². The number of benzene rings is 2. The van der Waals surface area contributed by atoms with Gasteiger partial charge in [0.2, 0.25) is 0 Å². The Labute approximate surface area is 211 Å². The predicted molar refractivity (Wildman–Crippen MR) is 142 cm³/mol. The maximum Gasteiger partial charge on any atom is 0.260 e. The molecule has 2 atom stereocenters. The van der Waals surface area contributed by atoms with E-state index in [0.29, 0.717) is 6.54 Å². The Kier molecular flexibility index (Phi) is 8.00. The summed E-state index contributed by atoms with van der Waals surface area (Å²) in [5.74, 6) is 0.647. The normalized spacial score (nSPS) is 19.7. The van der Waals surface area contributed by atoms with Crippen molar-refractivity contribution in [3.63, 3.8) is 0 Å². The molecule has 1 aliphatic heterocycles. The van der Waals surface area contributed by atoms with Gasteiger partial charge in [-0.2, -0.15) is 0 Å². The van der Waals surface area contributed by atoms with Crippen molar-refractivity contribution in [2.45, 2.75) is 91.8 Å². The van der Waals surface area contributed by atoms with E-state index in [1.807, 2.05) is 17.0 Å². The number of aryl methyl sites for hydroxylation is 1. The van der Waals surface area contributed by atoms with Gasteiger partial charge in [-0.3, -0.25) is 9.69 Å². The summed E-state index contributed by atoms with van der Waals surface area (Å²) in [5.41, 5.74) is 4.37. The molecular formula is C30H43FN2O2. The summed E-state index contributed by atoms with van der Waals surface area (Å²) in [6, 6.07) is 11.3. The Morgan fingerprint density at radius 2 is 1.49 bits per heavy atom. The molecule has 0 aromatic heterocycles. The number of nitrogens with zero attached hydrogens (tertiary/aromatic N) is 2. The molecule has 0 spiro atoms. The van der Waals surface area contributed by atoms with Crippen LogP contribution >= 0.6 is 0 Å². The first-order valence-electron chi connectivity index (χ1n) is 12.7. The topological polar surface area (TPSA) is 32.8 Å². The van der Waals surface area contributed by atoms with E-state index >= 15 is 0 Å². The van der Waals surface area contributed by atoms with E-state index in [-0.39, 0.29) is 41.2 Å². The van der Waals surface area contributed by atoms with Crippen molar-refractivity contribution >= 4 is 5.91 Å². The molecule has 2 unspecified atom stereocenters. The van der Waals surface area contributed by atoms with Crippen LogP contribution < -0.4 is 4.74 Å². The average molecular weight is 483 g/mol. The minimum absolute atomic E-state index is 0.0195. The first-order chi connectivity index (χ1) is 16.2. The lowest BCUT2D eigenvalue weighted by Gasteiger charge is -2.44. The van der Waals surface area contributed by atoms with E-state index in [4.69, 9.17) is 4.74 Å². The van der Waals surface area contributed by atoms with Gasteiger partial charge in [-0.05, 0) is 49.3 Å². The van der Waals surface area contributed by atoms with Gasteiger partial charge in [0.05, 0.1) is 0 Å². The van der Waals surface area contributed by atoms with Crippen molar-refractivity contribution in [3.8, 4) is 5.75 Å². The number of amides is 1. The van der Waals surface area contributed by atoms with Crippen molar-refractivity contribution in [1.82, 2.24) is 9.80 Å². The number of ether oxygens (including phenoxy) is 1. The Bertz CT molecular complexity index is 999. The lowest BCUT2D eigenvalue weighted by molar-refractivity contribution is -0.139. The van der Waals surface area contributed by atoms with E-state index in [1.165, 1.54) is 17.7 Å². The molecule has 2 aromatic carbocycles. The standard InChI is InChI=1S/C30H43FN2O2/c1-20-14-25(29(4,5)6)28(26(15-20)30(7,8)9)35-19-27(34)33-17-21(2)32(16-22(33)3)18-23-10-12-24(31)13-11-23/h10-15,21-22H,16-19H2,1-9H3. The minimum atomic E-state index is -0.219. The van der Waals surface area contributed by atoms with Gasteiger partial charge in [0, 0.05) is 42.8 Å². The van der Waals surface area contributed by atoms with Crippen LogP contribution in [0.3, 0.4) is 0 Å². The number of piperazine rings is 1. The highest BCUT2D eigenvalue weighted by atomic mass is 19.1. The van der Waals surface area contributed by atoms with E-state index in [9.17, 15) is 9.18 Å². The summed E-state index contributed by atoms with van der Waals surface area (Å²) in [7, 11) is 0. The fraction of sp³-hybridized carbons (Fsp3) is 0.567. The molecule has 1 amide bonds. The van der Waals surface area contributed by atoms with Crippen LogP contribution in [-0.2, 0) is 22.2 Å². The second-order valence-corrected chi connectivity index (χ2v) is 12.3. The van der Waals surface area contributed by atoms with Crippen LogP contribution in [0.2, 0.25) is 0 Å². The quantitative estimate of drug-likeness (QED) is 0.506. The molecule has 5 heteroatoms. The second-order valence-electron chi connectivity index (χ2n) is 12.3. The first kappa shape index (κ1) is 27.2. The van der Waals surface area contributed by atoms with Crippen LogP contribution in [0.25, 0.3) is 0 Å². The molecule has 0 N–H and O–H groups in total. The summed E-state index contributed by atoms with van der Waals surface area (Å²) in [6.45, 7) is 21.7. The average Bonchev–Trinajstić information content (AvgIpc) is 2.74. The molecule has 0 aliphatic carbocycles. The Balaban J connectivity index is 1.74. The maximum absolute atomic E-state index is 13.4. The van der Waals surface area contributed by atoms with Gasteiger partial charge < -0.3 is 9.64 Å². The van der Waals surface area contributed by atoms with Gasteiger partial charge in [-0.15, -0.1) is 0 Å². The minimum Gasteiger partial charge on any atom is -0.483 e. The molecule has 4 nitrogen and oxygen atoms in total. The van der Waals surface area contributed by atoms with Gasteiger partial charge in [-0.1, -0.05) is 71.4 Å². The largest absolute Gasteiger partial charge is 0.483 e. The fourth-order valence-corrected chi connectivity index (χ4v) is 4.85. The number of hydrogen-bond acceptors (Lipinski definition) is 3. The highest BCUT2D eigenvalue weighted by molar-refractivity contribution is 5.78. The lowest BCUT2D eigenvalue weighted by atomic mass is 9.78. The van der Waals surface area contributed by atoms with E-state index in [0.717, 1.165) is 35.5 Å². The van der Waals surface area contributed by atoms with Gasteiger partial charge in [0.1, 0.15) is 11.6 Å². The monoisotopic (exact) mass is 482 g/mol. The van der Waals surface area contributed by atoms with Crippen molar-refractivity contribution < 1.29 is 13.9 Å². The van der Waals surface area contributed by atoms with Gasteiger partial charge in [0.25, 0.3) is 5.91 Å². The molecule has 2 aromatic rings. The van der Waals surface area contributed by atoms with Crippen molar-refractivity contribution in [3.05, 3.63) is 64.5 Å². The summed E-state index contributed by atoms with van der Waals surface area (Å²) >= 11 is 0. The summed E-state index contributed by atoms with van der Waals surface area (Å²) in [6.07, 6.45) is 0. The van der Waals surface area contributed by atoms with Crippen LogP contribution in [0, 0.1) is 12.7 Å². The van der Waals surface area contributed by atoms with Crippen LogP contribution in [0.5, 0.6) is 5.75 Å². The number of halogens is 1. The lowest BCUT2D eigenvalue weighted by Crippen LogP contribution is -2.58. The molecular weight excluding hydrogens is 439 g/mol. The molecule has 1 aliphatic rings. The third-order valence-electron chi connectivity index (χ3n) is 6.92. The molecule has 1 saturated heterocycles. The zero-order valence-corrected chi connectivity index (χ0v) is 23.0. The maximum atomic E-state index is 13.4. The Morgan fingerprint density at radius 3 is 2.00 bits per heavy atom. The van der Waals surface area contributed by atoms with Crippen LogP contribution in [0.4, 0.5) is 4.39 Å². The predicted octanol–water partition coefficient (Wildman–Crippen LogP) is 6.23. The molecule has 35 heavy (non-hydrogen) atoms. The van der Waals surface area contributed by atoms with Gasteiger partial charge in [0.15, 0.2) is 6.61 Å². The zero-order valence-electron chi connectivity index (χ0n) is 23.0. The summed E-state index contributed by atoms with van der Waals surface area (Å²) < 4.78 is 19.6. The van der Waals surface area contributed by atoms with Crippen molar-refractivity contribution in [2.75, 3.05) is 19.7 Å². The summed E-state index contributed by atoms with van der Waals surface area (Å²) in [5, 5.41) is 0. The first-order valence-corrected chi connectivity index (χ1v) is 12.7. The third kappa shape index (κ3) is 6.63. The highest BCUT2D eigenvalue weighted by Crippen LogP contribution is 2.40. The smallest absolute Gasteiger partial charge is 0.260 e. The SMILES string of the molecule is Cc1cc(C(C)(C)C)c(OCC(=O)N2CC(C)N(Cc3ccc(F)cc3)CC2C)c(C(C)(C)C)c1. The van der Waals surface area contributed by atoms with Crippen LogP contribution in [0.15, 0.2) is 36.4 Å². The third-order valence-corrected chi connectivity index (χ3v) is 6.92. The van der Waals surface area contributed by atoms with E-state index in [2.05, 4.69) is 79.3 Å². The van der Waals surface area contributed by atoms with Crippen molar-refractivity contribution in [1.29, 1.82) is 0 Å². The van der Waals surface area contributed by atoms with Crippen LogP contribution in [0.1, 0.15) is 77.6 Å². The molecule has 3 rings (SSSR count). The van der Waals surface area contributed by atoms with Gasteiger partial charge >= 0.3 is 0 Å². The Hall–Kier alpha value is -2.40. The van der Waals surface area contributed by atoms with Crippen LogP contribution in [-0.4, -0.2) is 47.5 Å². The number of rotatable bonds is 5. The molecule has 0 saturated carbocycles. The number of carbonyl (C=O) groups is 1. The highest BCUT2D eigenvalue weighted by Gasteiger charge is 2.33. The molecule has 1 fully saturated rings. The fourth-order valence-electron chi connectivity index (χ4n) is 4.85. The number of carbonyl (C=O) groups excluding carboxylic acids is 1. The number of hydrogen-bond donors (Lipinski definition) is 0. The van der Waals surface area contributed by atoms with Gasteiger partial charge in [-0.25, -0.2) is 4.39 Å². The zero-order chi connectivity index (χ0) is 26.1. The Morgan fingerprint density at radius 1 is 0.943 bits per heavy atom. The molecule has 192 valence electrons. The summed E-state index contributed by atoms with van der Waals surface area (Å²) in [4.78, 5) is 17.7.